The first-order valence-corrected chi connectivity index (χ1v) is 6.58. The Labute approximate surface area is 113 Å². The predicted octanol–water partition coefficient (Wildman–Crippen LogP) is 1.55. The summed E-state index contributed by atoms with van der Waals surface area (Å²) in [6, 6.07) is -1.29. The molecule has 0 radical (unpaired) electrons. The van der Waals surface area contributed by atoms with E-state index in [1.54, 1.807) is 0 Å². The molecule has 1 unspecified atom stereocenters. The molecule has 8 heteroatoms. The van der Waals surface area contributed by atoms with Gasteiger partial charge in [-0.3, -0.25) is 19.8 Å². The second kappa shape index (κ2) is 5.67. The summed E-state index contributed by atoms with van der Waals surface area (Å²) in [6.45, 7) is -1.31. The van der Waals surface area contributed by atoms with Crippen LogP contribution in [-0.4, -0.2) is 47.7 Å². The number of carbonyl (C=O) groups excluding carboxylic acids is 2. The molecule has 4 nitrogen and oxygen atoms in total. The lowest BCUT2D eigenvalue weighted by atomic mass is 10.2. The first kappa shape index (κ1) is 15.2. The molecule has 1 saturated heterocycles. The Morgan fingerprint density at radius 3 is 2.40 bits per heavy atom. The van der Waals surface area contributed by atoms with E-state index in [0.717, 1.165) is 30.6 Å². The maximum Gasteiger partial charge on any atom is 0.319 e. The molecule has 1 aliphatic heterocycles. The van der Waals surface area contributed by atoms with E-state index in [4.69, 9.17) is 0 Å². The fourth-order valence-corrected chi connectivity index (χ4v) is 2.69. The Morgan fingerprint density at radius 1 is 1.25 bits per heavy atom. The molecule has 0 aromatic carbocycles. The molecule has 114 valence electrons. The van der Waals surface area contributed by atoms with E-state index in [9.17, 15) is 27.2 Å². The van der Waals surface area contributed by atoms with Gasteiger partial charge in [0, 0.05) is 6.04 Å². The van der Waals surface area contributed by atoms with Crippen LogP contribution in [0.3, 0.4) is 0 Å². The molecule has 2 amide bonds. The van der Waals surface area contributed by atoms with Crippen LogP contribution in [0.2, 0.25) is 0 Å². The summed E-state index contributed by atoms with van der Waals surface area (Å²) in [5.74, 6) is -5.20. The minimum absolute atomic E-state index is 0.169. The fraction of sp³-hybridized carbons (Fsp3) is 0.833. The molecule has 0 aromatic rings. The summed E-state index contributed by atoms with van der Waals surface area (Å²) in [5, 5.41) is 2.09. The van der Waals surface area contributed by atoms with Gasteiger partial charge in [-0.2, -0.15) is 8.78 Å². The van der Waals surface area contributed by atoms with Crippen molar-refractivity contribution < 1.29 is 27.2 Å². The van der Waals surface area contributed by atoms with Crippen LogP contribution in [0.1, 0.15) is 32.1 Å². The largest absolute Gasteiger partial charge is 0.319 e. The number of halogens is 4. The lowest BCUT2D eigenvalue weighted by molar-refractivity contribution is -0.142. The van der Waals surface area contributed by atoms with Crippen molar-refractivity contribution in [3.05, 3.63) is 0 Å². The number of nitrogens with one attached hydrogen (secondary N) is 1. The minimum Gasteiger partial charge on any atom is -0.299 e. The molecule has 1 heterocycles. The molecule has 0 aromatic heterocycles. The van der Waals surface area contributed by atoms with Crippen molar-refractivity contribution in [1.29, 1.82) is 0 Å². The lowest BCUT2D eigenvalue weighted by Gasteiger charge is -2.23. The maximum atomic E-state index is 12.8. The zero-order valence-electron chi connectivity index (χ0n) is 10.8. The van der Waals surface area contributed by atoms with Crippen LogP contribution in [-0.2, 0) is 9.59 Å². The van der Waals surface area contributed by atoms with Crippen molar-refractivity contribution >= 4 is 11.8 Å². The monoisotopic (exact) mass is 296 g/mol. The standard InChI is InChI=1S/C12H16F4N2O2/c13-11(14)12(15,16)6-17-8-5-9(19)18(10(8)20)7-3-1-2-4-7/h7-8,11,17H,1-6H2. The summed E-state index contributed by atoms with van der Waals surface area (Å²) in [5.41, 5.74) is 0. The van der Waals surface area contributed by atoms with Gasteiger partial charge in [0.1, 0.15) is 0 Å². The zero-order chi connectivity index (χ0) is 14.9. The van der Waals surface area contributed by atoms with Crippen LogP contribution < -0.4 is 5.32 Å². The first-order chi connectivity index (χ1) is 9.33. The molecular formula is C12H16F4N2O2. The van der Waals surface area contributed by atoms with Gasteiger partial charge in [-0.15, -0.1) is 0 Å². The molecule has 0 spiro atoms. The van der Waals surface area contributed by atoms with Crippen LogP contribution in [0.25, 0.3) is 0 Å². The normalized spacial score (nSPS) is 25.2. The van der Waals surface area contributed by atoms with E-state index >= 15 is 0 Å². The molecule has 0 bridgehead atoms. The van der Waals surface area contributed by atoms with E-state index in [1.807, 2.05) is 0 Å². The predicted molar refractivity (Wildman–Crippen MR) is 61.5 cm³/mol. The smallest absolute Gasteiger partial charge is 0.299 e. The average molecular weight is 296 g/mol. The number of likely N-dealkylation sites (tertiary alicyclic amines) is 1. The number of imide groups is 1. The molecule has 20 heavy (non-hydrogen) atoms. The highest BCUT2D eigenvalue weighted by Gasteiger charge is 2.46. The second-order valence-corrected chi connectivity index (χ2v) is 5.24. The molecular weight excluding hydrogens is 280 g/mol. The summed E-state index contributed by atoms with van der Waals surface area (Å²) in [7, 11) is 0. The van der Waals surface area contributed by atoms with E-state index in [2.05, 4.69) is 5.32 Å². The highest BCUT2D eigenvalue weighted by Crippen LogP contribution is 2.28. The van der Waals surface area contributed by atoms with Crippen LogP contribution in [0, 0.1) is 0 Å². The summed E-state index contributed by atoms with van der Waals surface area (Å²) >= 11 is 0. The van der Waals surface area contributed by atoms with E-state index in [-0.39, 0.29) is 12.5 Å². The topological polar surface area (TPSA) is 49.4 Å². The number of alkyl halides is 4. The fourth-order valence-electron chi connectivity index (χ4n) is 2.69. The molecule has 2 rings (SSSR count). The number of amides is 2. The third kappa shape index (κ3) is 2.94. The van der Waals surface area contributed by atoms with Crippen molar-refractivity contribution in [2.45, 2.75) is 56.5 Å². The Hall–Kier alpha value is -1.18. The number of hydrogen-bond donors (Lipinski definition) is 1. The minimum atomic E-state index is -4.20. The first-order valence-electron chi connectivity index (χ1n) is 6.58. The zero-order valence-corrected chi connectivity index (χ0v) is 10.8. The SMILES string of the molecule is O=C1CC(NCC(F)(F)C(F)F)C(=O)N1C1CCCC1. The summed E-state index contributed by atoms with van der Waals surface area (Å²) < 4.78 is 49.7. The Balaban J connectivity index is 1.94. The van der Waals surface area contributed by atoms with E-state index < -0.39 is 36.7 Å². The third-order valence-electron chi connectivity index (χ3n) is 3.78. The van der Waals surface area contributed by atoms with Crippen LogP contribution in [0.5, 0.6) is 0 Å². The van der Waals surface area contributed by atoms with Gasteiger partial charge in [-0.1, -0.05) is 12.8 Å². The number of nitrogens with zero attached hydrogens (tertiary/aromatic N) is 1. The Kier molecular flexibility index (Phi) is 4.31. The molecule has 1 N–H and O–H groups in total. The van der Waals surface area contributed by atoms with Crippen LogP contribution >= 0.6 is 0 Å². The Bertz CT molecular complexity index is 397. The number of rotatable bonds is 5. The summed E-state index contributed by atoms with van der Waals surface area (Å²) in [4.78, 5) is 24.9. The van der Waals surface area contributed by atoms with Crippen LogP contribution in [0.15, 0.2) is 0 Å². The highest BCUT2D eigenvalue weighted by atomic mass is 19.3. The van der Waals surface area contributed by atoms with Gasteiger partial charge in [0.2, 0.25) is 11.8 Å². The van der Waals surface area contributed by atoms with Gasteiger partial charge in [-0.05, 0) is 12.8 Å². The van der Waals surface area contributed by atoms with Gasteiger partial charge >= 0.3 is 12.3 Å². The van der Waals surface area contributed by atoms with Gasteiger partial charge in [0.05, 0.1) is 19.0 Å². The van der Waals surface area contributed by atoms with E-state index in [0.29, 0.717) is 0 Å². The molecule has 2 fully saturated rings. The van der Waals surface area contributed by atoms with Crippen molar-refractivity contribution in [3.8, 4) is 0 Å². The molecule has 1 atom stereocenters. The van der Waals surface area contributed by atoms with Gasteiger partial charge in [-0.25, -0.2) is 8.78 Å². The molecule has 1 aliphatic carbocycles. The second-order valence-electron chi connectivity index (χ2n) is 5.24. The summed E-state index contributed by atoms with van der Waals surface area (Å²) in [6.07, 6.45) is -0.760. The maximum absolute atomic E-state index is 12.8. The van der Waals surface area contributed by atoms with Crippen LogP contribution in [0.4, 0.5) is 17.6 Å². The number of hydrogen-bond acceptors (Lipinski definition) is 3. The molecule has 2 aliphatic rings. The van der Waals surface area contributed by atoms with Crippen molar-refractivity contribution in [3.63, 3.8) is 0 Å². The van der Waals surface area contributed by atoms with Crippen molar-refractivity contribution in [2.24, 2.45) is 0 Å². The molecule has 1 saturated carbocycles. The van der Waals surface area contributed by atoms with Gasteiger partial charge < -0.3 is 0 Å². The number of carbonyl (C=O) groups is 2. The van der Waals surface area contributed by atoms with Gasteiger partial charge in [0.25, 0.3) is 0 Å². The van der Waals surface area contributed by atoms with Gasteiger partial charge in [0.15, 0.2) is 0 Å². The highest BCUT2D eigenvalue weighted by molar-refractivity contribution is 6.05. The quantitative estimate of drug-likeness (QED) is 0.618. The third-order valence-corrected chi connectivity index (χ3v) is 3.78. The van der Waals surface area contributed by atoms with E-state index in [1.165, 1.54) is 0 Å². The van der Waals surface area contributed by atoms with Crippen molar-refractivity contribution in [2.75, 3.05) is 6.54 Å². The lowest BCUT2D eigenvalue weighted by Crippen LogP contribution is -2.47. The average Bonchev–Trinajstić information content (AvgIpc) is 2.95. The van der Waals surface area contributed by atoms with Crippen molar-refractivity contribution in [1.82, 2.24) is 10.2 Å². The Morgan fingerprint density at radius 2 is 1.85 bits per heavy atom.